The third-order valence-electron chi connectivity index (χ3n) is 5.27. The molecule has 4 rings (SSSR count). The van der Waals surface area contributed by atoms with Crippen LogP contribution in [0.15, 0.2) is 54.6 Å². The highest BCUT2D eigenvalue weighted by Crippen LogP contribution is 2.31. The summed E-state index contributed by atoms with van der Waals surface area (Å²) in [5.41, 5.74) is 10.3. The summed E-state index contributed by atoms with van der Waals surface area (Å²) in [5.74, 6) is -0.557. The molecule has 1 aliphatic carbocycles. The van der Waals surface area contributed by atoms with Gasteiger partial charge in [-0.2, -0.15) is 5.10 Å². The highest BCUT2D eigenvalue weighted by Gasteiger charge is 2.21. The number of fused-ring (bicyclic) bond motifs is 1. The van der Waals surface area contributed by atoms with Gasteiger partial charge in [0.2, 0.25) is 5.91 Å². The van der Waals surface area contributed by atoms with Crippen LogP contribution in [0, 0.1) is 0 Å². The first-order valence-corrected chi connectivity index (χ1v) is 10.6. The molecule has 154 valence electrons. The molecule has 1 aromatic heterocycles. The third kappa shape index (κ3) is 4.29. The number of H-pyrrole nitrogens is 1. The molecule has 0 saturated heterocycles. The molecule has 0 radical (unpaired) electrons. The van der Waals surface area contributed by atoms with Crippen LogP contribution in [0.1, 0.15) is 36.4 Å². The Hall–Kier alpha value is -2.60. The number of carbonyl (C=O) groups is 1. The number of halogens is 2. The molecule has 1 unspecified atom stereocenters. The van der Waals surface area contributed by atoms with Crippen molar-refractivity contribution < 1.29 is 4.79 Å². The van der Waals surface area contributed by atoms with Crippen LogP contribution in [0.3, 0.4) is 0 Å². The van der Waals surface area contributed by atoms with E-state index in [0.29, 0.717) is 28.7 Å². The highest BCUT2D eigenvalue weighted by molar-refractivity contribution is 6.42. The molecule has 2 aromatic carbocycles. The minimum Gasteiger partial charge on any atom is -0.330 e. The summed E-state index contributed by atoms with van der Waals surface area (Å²) >= 11 is 12.2. The Morgan fingerprint density at radius 2 is 2.07 bits per heavy atom. The van der Waals surface area contributed by atoms with Crippen LogP contribution in [0.4, 0.5) is 5.69 Å². The number of aromatic nitrogens is 2. The van der Waals surface area contributed by atoms with Crippen molar-refractivity contribution in [2.24, 2.45) is 5.73 Å². The molecule has 7 heteroatoms. The Morgan fingerprint density at radius 1 is 1.20 bits per heavy atom. The number of amides is 1. The summed E-state index contributed by atoms with van der Waals surface area (Å²) in [6.07, 6.45) is 8.74. The number of rotatable bonds is 6. The van der Waals surface area contributed by atoms with Gasteiger partial charge in [0, 0.05) is 11.1 Å². The average molecular weight is 441 g/mol. The Labute approximate surface area is 184 Å². The molecule has 0 bridgehead atoms. The van der Waals surface area contributed by atoms with Gasteiger partial charge >= 0.3 is 0 Å². The number of benzene rings is 2. The normalized spacial score (nSPS) is 14.6. The predicted molar refractivity (Wildman–Crippen MR) is 124 cm³/mol. The topological polar surface area (TPSA) is 83.8 Å². The number of nitrogens with two attached hydrogens (primary N) is 1. The van der Waals surface area contributed by atoms with E-state index in [-0.39, 0.29) is 5.91 Å². The van der Waals surface area contributed by atoms with Crippen LogP contribution in [-0.2, 0) is 4.79 Å². The quantitative estimate of drug-likeness (QED) is 0.461. The number of hydrogen-bond donors (Lipinski definition) is 3. The highest BCUT2D eigenvalue weighted by atomic mass is 35.5. The molecular formula is C23H22Cl2N4O. The van der Waals surface area contributed by atoms with Crippen molar-refractivity contribution in [2.45, 2.75) is 25.2 Å². The molecule has 4 N–H and O–H groups in total. The number of allylic oxidation sites excluding steroid dienone is 4. The lowest BCUT2D eigenvalue weighted by atomic mass is 9.94. The molecule has 0 spiro atoms. The fraction of sp³-hybridized carbons (Fsp3) is 0.217. The summed E-state index contributed by atoms with van der Waals surface area (Å²) in [5, 5.41) is 12.4. The van der Waals surface area contributed by atoms with Gasteiger partial charge in [0.05, 0.1) is 27.2 Å². The fourth-order valence-electron chi connectivity index (χ4n) is 3.71. The summed E-state index contributed by atoms with van der Waals surface area (Å²) in [7, 11) is 0. The maximum absolute atomic E-state index is 13.1. The largest absolute Gasteiger partial charge is 0.330 e. The van der Waals surface area contributed by atoms with Crippen LogP contribution in [0.5, 0.6) is 0 Å². The third-order valence-corrected chi connectivity index (χ3v) is 6.01. The van der Waals surface area contributed by atoms with Crippen molar-refractivity contribution >= 4 is 51.3 Å². The number of nitrogens with zero attached hydrogens (tertiary/aromatic N) is 1. The molecule has 0 saturated carbocycles. The van der Waals surface area contributed by atoms with Crippen LogP contribution < -0.4 is 11.1 Å². The molecule has 1 aliphatic rings. The number of hydrogen-bond acceptors (Lipinski definition) is 3. The molecule has 30 heavy (non-hydrogen) atoms. The van der Waals surface area contributed by atoms with Crippen molar-refractivity contribution in [2.75, 3.05) is 11.9 Å². The zero-order valence-electron chi connectivity index (χ0n) is 16.3. The van der Waals surface area contributed by atoms with Gasteiger partial charge in [-0.15, -0.1) is 0 Å². The van der Waals surface area contributed by atoms with Gasteiger partial charge < -0.3 is 11.1 Å². The van der Waals surface area contributed by atoms with E-state index in [4.69, 9.17) is 28.9 Å². The lowest BCUT2D eigenvalue weighted by molar-refractivity contribution is -0.117. The van der Waals surface area contributed by atoms with Crippen LogP contribution >= 0.6 is 23.2 Å². The van der Waals surface area contributed by atoms with Crippen LogP contribution in [0.25, 0.3) is 16.5 Å². The standard InChI is InChI=1S/C23H22Cl2N4O/c24-19-8-6-15(12-20(19)25)17(10-11-26)23(30)27-16-7-9-21-18(13-16)22(29-28-21)14-4-2-1-3-5-14/h1-2,4,6-9,12-13,17H,3,5,10-11,26H2,(H,27,30)(H,28,29). The number of anilines is 1. The van der Waals surface area contributed by atoms with Crippen LogP contribution in [-0.4, -0.2) is 22.6 Å². The van der Waals surface area contributed by atoms with Gasteiger partial charge in [-0.3, -0.25) is 9.89 Å². The van der Waals surface area contributed by atoms with E-state index in [9.17, 15) is 4.79 Å². The van der Waals surface area contributed by atoms with Crippen molar-refractivity contribution in [3.63, 3.8) is 0 Å². The van der Waals surface area contributed by atoms with E-state index in [1.165, 1.54) is 5.57 Å². The molecule has 0 aliphatic heterocycles. The monoisotopic (exact) mass is 440 g/mol. The second-order valence-electron chi connectivity index (χ2n) is 7.28. The van der Waals surface area contributed by atoms with Crippen molar-refractivity contribution in [1.82, 2.24) is 10.2 Å². The zero-order valence-corrected chi connectivity index (χ0v) is 17.8. The van der Waals surface area contributed by atoms with E-state index in [0.717, 1.165) is 35.0 Å². The fourth-order valence-corrected chi connectivity index (χ4v) is 4.02. The van der Waals surface area contributed by atoms with E-state index < -0.39 is 5.92 Å². The van der Waals surface area contributed by atoms with Gasteiger partial charge in [0.15, 0.2) is 0 Å². The Morgan fingerprint density at radius 3 is 2.80 bits per heavy atom. The first-order valence-electron chi connectivity index (χ1n) is 9.87. The number of carbonyl (C=O) groups excluding carboxylic acids is 1. The van der Waals surface area contributed by atoms with Crippen LogP contribution in [0.2, 0.25) is 10.0 Å². The predicted octanol–water partition coefficient (Wildman–Crippen LogP) is 5.67. The first kappa shape index (κ1) is 20.7. The maximum Gasteiger partial charge on any atom is 0.231 e. The number of aromatic amines is 1. The Balaban J connectivity index is 1.61. The molecular weight excluding hydrogens is 419 g/mol. The molecule has 3 aromatic rings. The molecule has 1 amide bonds. The van der Waals surface area contributed by atoms with Crippen molar-refractivity contribution in [1.29, 1.82) is 0 Å². The van der Waals surface area contributed by atoms with Crippen molar-refractivity contribution in [3.05, 3.63) is 75.9 Å². The van der Waals surface area contributed by atoms with E-state index >= 15 is 0 Å². The van der Waals surface area contributed by atoms with Gasteiger partial charge in [-0.1, -0.05) is 47.5 Å². The SMILES string of the molecule is NCCC(C(=O)Nc1ccc2[nH]nc(C3=CC=CCC3)c2c1)c1ccc(Cl)c(Cl)c1. The Bertz CT molecular complexity index is 1150. The first-order chi connectivity index (χ1) is 14.6. The molecule has 1 heterocycles. The summed E-state index contributed by atoms with van der Waals surface area (Å²) < 4.78 is 0. The molecule has 0 fully saturated rings. The smallest absolute Gasteiger partial charge is 0.231 e. The minimum absolute atomic E-state index is 0.136. The molecule has 5 nitrogen and oxygen atoms in total. The van der Waals surface area contributed by atoms with Gasteiger partial charge in [0.1, 0.15) is 0 Å². The van der Waals surface area contributed by atoms with Crippen molar-refractivity contribution in [3.8, 4) is 0 Å². The van der Waals surface area contributed by atoms with E-state index in [1.54, 1.807) is 12.1 Å². The average Bonchev–Trinajstić information content (AvgIpc) is 3.18. The zero-order chi connectivity index (χ0) is 21.1. The second kappa shape index (κ2) is 9.04. The molecule has 1 atom stereocenters. The number of nitrogens with one attached hydrogen (secondary N) is 2. The Kier molecular flexibility index (Phi) is 6.23. The van der Waals surface area contributed by atoms with Gasteiger partial charge in [0.25, 0.3) is 0 Å². The summed E-state index contributed by atoms with van der Waals surface area (Å²) in [6, 6.07) is 11.0. The van der Waals surface area contributed by atoms with Gasteiger partial charge in [-0.05, 0) is 67.3 Å². The summed E-state index contributed by atoms with van der Waals surface area (Å²) in [4.78, 5) is 13.1. The van der Waals surface area contributed by atoms with Gasteiger partial charge in [-0.25, -0.2) is 0 Å². The second-order valence-corrected chi connectivity index (χ2v) is 8.10. The van der Waals surface area contributed by atoms with E-state index in [1.807, 2.05) is 24.3 Å². The lowest BCUT2D eigenvalue weighted by Crippen LogP contribution is -2.23. The summed E-state index contributed by atoms with van der Waals surface area (Å²) in [6.45, 7) is 0.380. The maximum atomic E-state index is 13.1. The van der Waals surface area contributed by atoms with E-state index in [2.05, 4.69) is 33.7 Å². The minimum atomic E-state index is -0.421. The lowest BCUT2D eigenvalue weighted by Gasteiger charge is -2.17.